The summed E-state index contributed by atoms with van der Waals surface area (Å²) in [6.07, 6.45) is 3.92. The maximum Gasteiger partial charge on any atom is 0.176 e. The third-order valence-corrected chi connectivity index (χ3v) is 3.57. The van der Waals surface area contributed by atoms with Gasteiger partial charge in [-0.3, -0.25) is 9.78 Å². The molecule has 0 radical (unpaired) electrons. The van der Waals surface area contributed by atoms with E-state index in [0.717, 1.165) is 10.6 Å². The Hall–Kier alpha value is -1.75. The molecule has 94 valence electrons. The van der Waals surface area contributed by atoms with Crippen molar-refractivity contribution < 1.29 is 4.79 Å². The molecule has 0 atom stereocenters. The lowest BCUT2D eigenvalue weighted by atomic mass is 10.1. The van der Waals surface area contributed by atoms with Gasteiger partial charge in [0.05, 0.1) is 0 Å². The number of nitrogens with zero attached hydrogens (tertiary/aromatic N) is 2. The van der Waals surface area contributed by atoms with Gasteiger partial charge in [0.25, 0.3) is 0 Å². The predicted octanol–water partition coefficient (Wildman–Crippen LogP) is 3.02. The van der Waals surface area contributed by atoms with Gasteiger partial charge < -0.3 is 5.73 Å². The van der Waals surface area contributed by atoms with Crippen molar-refractivity contribution in [2.24, 2.45) is 5.92 Å². The molecule has 0 unspecified atom stereocenters. The summed E-state index contributed by atoms with van der Waals surface area (Å²) in [5.74, 6) is 0.709. The van der Waals surface area contributed by atoms with Crippen LogP contribution in [0.4, 0.5) is 5.82 Å². The average Bonchev–Trinajstić information content (AvgIpc) is 2.72. The fourth-order valence-corrected chi connectivity index (χ4v) is 2.53. The summed E-state index contributed by atoms with van der Waals surface area (Å²) in [6.45, 7) is 4.02. The van der Waals surface area contributed by atoms with E-state index in [1.807, 2.05) is 26.0 Å². The standard InChI is InChI=1S/C13H15N3OS/c1-8(2)6-10(17)11-12(14)16-13(18-11)9-4-3-5-15-7-9/h3-5,7-8H,6,14H2,1-2H3. The van der Waals surface area contributed by atoms with Crippen molar-refractivity contribution in [1.29, 1.82) is 0 Å². The van der Waals surface area contributed by atoms with Crippen molar-refractivity contribution in [3.8, 4) is 10.6 Å². The first kappa shape index (κ1) is 12.7. The molecule has 18 heavy (non-hydrogen) atoms. The molecule has 0 aliphatic carbocycles. The predicted molar refractivity (Wildman–Crippen MR) is 73.5 cm³/mol. The Morgan fingerprint density at radius 1 is 1.50 bits per heavy atom. The van der Waals surface area contributed by atoms with Crippen LogP contribution >= 0.6 is 11.3 Å². The van der Waals surface area contributed by atoms with E-state index >= 15 is 0 Å². The third kappa shape index (κ3) is 2.73. The molecular weight excluding hydrogens is 246 g/mol. The first-order chi connectivity index (χ1) is 8.58. The molecule has 0 bridgehead atoms. The van der Waals surface area contributed by atoms with Gasteiger partial charge in [-0.05, 0) is 18.1 Å². The lowest BCUT2D eigenvalue weighted by Gasteiger charge is -2.01. The number of aromatic nitrogens is 2. The Labute approximate surface area is 110 Å². The van der Waals surface area contributed by atoms with Crippen LogP contribution in [0.5, 0.6) is 0 Å². The zero-order chi connectivity index (χ0) is 13.1. The molecule has 2 N–H and O–H groups in total. The van der Waals surface area contributed by atoms with Gasteiger partial charge >= 0.3 is 0 Å². The van der Waals surface area contributed by atoms with Crippen LogP contribution in [0.15, 0.2) is 24.5 Å². The molecule has 0 aromatic carbocycles. The van der Waals surface area contributed by atoms with E-state index in [2.05, 4.69) is 9.97 Å². The average molecular weight is 261 g/mol. The van der Waals surface area contributed by atoms with Crippen LogP contribution in [0.1, 0.15) is 29.9 Å². The number of thiazole rings is 1. The highest BCUT2D eigenvalue weighted by molar-refractivity contribution is 7.17. The molecule has 0 saturated heterocycles. The fourth-order valence-electron chi connectivity index (χ4n) is 1.61. The molecule has 2 heterocycles. The van der Waals surface area contributed by atoms with Gasteiger partial charge in [-0.2, -0.15) is 0 Å². The Morgan fingerprint density at radius 2 is 2.28 bits per heavy atom. The highest BCUT2D eigenvalue weighted by Gasteiger charge is 2.17. The van der Waals surface area contributed by atoms with Gasteiger partial charge in [0.2, 0.25) is 0 Å². The second kappa shape index (κ2) is 5.27. The summed E-state index contributed by atoms with van der Waals surface area (Å²) in [6, 6.07) is 3.74. The number of carbonyl (C=O) groups is 1. The number of Topliss-reactive ketones (excluding diaryl/α,β-unsaturated/α-hetero) is 1. The molecule has 0 saturated carbocycles. The molecule has 5 heteroatoms. The third-order valence-electron chi connectivity index (χ3n) is 2.41. The number of hydrogen-bond acceptors (Lipinski definition) is 5. The number of anilines is 1. The minimum absolute atomic E-state index is 0.0649. The zero-order valence-electron chi connectivity index (χ0n) is 10.4. The van der Waals surface area contributed by atoms with E-state index in [1.54, 1.807) is 12.4 Å². The fraction of sp³-hybridized carbons (Fsp3) is 0.308. The molecule has 0 fully saturated rings. The van der Waals surface area contributed by atoms with Crippen molar-refractivity contribution in [3.05, 3.63) is 29.4 Å². The Kier molecular flexibility index (Phi) is 3.72. The highest BCUT2D eigenvalue weighted by atomic mass is 32.1. The zero-order valence-corrected chi connectivity index (χ0v) is 11.2. The summed E-state index contributed by atoms with van der Waals surface area (Å²) in [5.41, 5.74) is 6.70. The number of hydrogen-bond donors (Lipinski definition) is 1. The molecule has 0 aliphatic rings. The van der Waals surface area contributed by atoms with Crippen LogP contribution in [0.25, 0.3) is 10.6 Å². The van der Waals surface area contributed by atoms with Gasteiger partial charge in [0, 0.05) is 24.4 Å². The lowest BCUT2D eigenvalue weighted by Crippen LogP contribution is -2.04. The summed E-state index contributed by atoms with van der Waals surface area (Å²) in [5, 5.41) is 0.743. The number of nitrogen functional groups attached to an aromatic ring is 1. The number of ketones is 1. The van der Waals surface area contributed by atoms with Crippen LogP contribution in [-0.2, 0) is 0 Å². The quantitative estimate of drug-likeness (QED) is 0.859. The Balaban J connectivity index is 2.30. The van der Waals surface area contributed by atoms with E-state index in [1.165, 1.54) is 11.3 Å². The number of rotatable bonds is 4. The van der Waals surface area contributed by atoms with E-state index in [-0.39, 0.29) is 5.78 Å². The van der Waals surface area contributed by atoms with Crippen molar-refractivity contribution in [1.82, 2.24) is 9.97 Å². The normalized spacial score (nSPS) is 10.8. The maximum absolute atomic E-state index is 12.0. The summed E-state index contributed by atoms with van der Waals surface area (Å²) >= 11 is 1.34. The maximum atomic E-state index is 12.0. The molecule has 2 aromatic rings. The van der Waals surface area contributed by atoms with E-state index in [0.29, 0.717) is 23.0 Å². The first-order valence-corrected chi connectivity index (χ1v) is 6.59. The van der Waals surface area contributed by atoms with Crippen molar-refractivity contribution >= 4 is 22.9 Å². The second-order valence-corrected chi connectivity index (χ2v) is 5.50. The van der Waals surface area contributed by atoms with E-state index in [9.17, 15) is 4.79 Å². The van der Waals surface area contributed by atoms with E-state index in [4.69, 9.17) is 5.73 Å². The van der Waals surface area contributed by atoms with Crippen molar-refractivity contribution in [2.75, 3.05) is 5.73 Å². The first-order valence-electron chi connectivity index (χ1n) is 5.78. The molecule has 4 nitrogen and oxygen atoms in total. The van der Waals surface area contributed by atoms with E-state index < -0.39 is 0 Å². The number of nitrogens with two attached hydrogens (primary N) is 1. The SMILES string of the molecule is CC(C)CC(=O)c1sc(-c2cccnc2)nc1N. The second-order valence-electron chi connectivity index (χ2n) is 4.50. The van der Waals surface area contributed by atoms with Crippen LogP contribution in [-0.4, -0.2) is 15.8 Å². The minimum Gasteiger partial charge on any atom is -0.382 e. The van der Waals surface area contributed by atoms with Gasteiger partial charge in [-0.15, -0.1) is 11.3 Å². The van der Waals surface area contributed by atoms with Crippen molar-refractivity contribution in [3.63, 3.8) is 0 Å². The lowest BCUT2D eigenvalue weighted by molar-refractivity contribution is 0.0972. The van der Waals surface area contributed by atoms with Crippen LogP contribution < -0.4 is 5.73 Å². The topological polar surface area (TPSA) is 68.9 Å². The summed E-state index contributed by atoms with van der Waals surface area (Å²) in [4.78, 5) is 20.8. The van der Waals surface area contributed by atoms with Gasteiger partial charge in [-0.1, -0.05) is 13.8 Å². The largest absolute Gasteiger partial charge is 0.382 e. The molecular formula is C13H15N3OS. The van der Waals surface area contributed by atoms with Crippen LogP contribution in [0.3, 0.4) is 0 Å². The molecule has 0 amide bonds. The monoisotopic (exact) mass is 261 g/mol. The van der Waals surface area contributed by atoms with Gasteiger partial charge in [0.15, 0.2) is 5.78 Å². The summed E-state index contributed by atoms with van der Waals surface area (Å²) in [7, 11) is 0. The van der Waals surface area contributed by atoms with Gasteiger partial charge in [0.1, 0.15) is 15.7 Å². The van der Waals surface area contributed by atoms with Crippen LogP contribution in [0, 0.1) is 5.92 Å². The molecule has 0 spiro atoms. The summed E-state index contributed by atoms with van der Waals surface area (Å²) < 4.78 is 0. The van der Waals surface area contributed by atoms with Crippen LogP contribution in [0.2, 0.25) is 0 Å². The van der Waals surface area contributed by atoms with Crippen molar-refractivity contribution in [2.45, 2.75) is 20.3 Å². The Morgan fingerprint density at radius 3 is 2.89 bits per heavy atom. The minimum atomic E-state index is 0.0649. The molecule has 2 aromatic heterocycles. The smallest absolute Gasteiger partial charge is 0.176 e. The Bertz CT molecular complexity index is 549. The molecule has 0 aliphatic heterocycles. The molecule has 2 rings (SSSR count). The van der Waals surface area contributed by atoms with Gasteiger partial charge in [-0.25, -0.2) is 4.98 Å². The number of carbonyl (C=O) groups excluding carboxylic acids is 1. The highest BCUT2D eigenvalue weighted by Crippen LogP contribution is 2.30. The number of pyridine rings is 1.